The Morgan fingerprint density at radius 2 is 1.74 bits per heavy atom. The van der Waals surface area contributed by atoms with Gasteiger partial charge in [0.25, 0.3) is 0 Å². The second-order valence-electron chi connectivity index (χ2n) is 13.0. The summed E-state index contributed by atoms with van der Waals surface area (Å²) in [6.45, 7) is 11.7. The molecule has 2 N–H and O–H groups in total. The summed E-state index contributed by atoms with van der Waals surface area (Å²) in [6.07, 6.45) is 1.63. The van der Waals surface area contributed by atoms with Crippen molar-refractivity contribution in [1.29, 1.82) is 0 Å². The summed E-state index contributed by atoms with van der Waals surface area (Å²) in [4.78, 5) is 28.2. The van der Waals surface area contributed by atoms with E-state index in [1.54, 1.807) is 0 Å². The lowest BCUT2D eigenvalue weighted by atomic mass is 9.87. The number of urea groups is 1. The van der Waals surface area contributed by atoms with E-state index in [4.69, 9.17) is 0 Å². The van der Waals surface area contributed by atoms with Crippen LogP contribution in [0.3, 0.4) is 0 Å². The zero-order valence-electron chi connectivity index (χ0n) is 25.8. The molecule has 7 heteroatoms. The van der Waals surface area contributed by atoms with E-state index in [2.05, 4.69) is 77.3 Å². The highest BCUT2D eigenvalue weighted by atomic mass is 16.2. The number of fused-ring (bicyclic) bond motifs is 1. The molecule has 1 aromatic heterocycles. The third kappa shape index (κ3) is 6.21. The number of carbonyl (C=O) groups excluding carboxylic acids is 2. The summed E-state index contributed by atoms with van der Waals surface area (Å²) in [5.74, 6) is 0.412. The average molecular weight is 576 g/mol. The minimum atomic E-state index is -0.320. The highest BCUT2D eigenvalue weighted by molar-refractivity contribution is 5.83. The number of hydrogen-bond donors (Lipinski definition) is 2. The van der Waals surface area contributed by atoms with E-state index in [0.717, 1.165) is 52.2 Å². The van der Waals surface area contributed by atoms with Crippen molar-refractivity contribution in [3.63, 3.8) is 0 Å². The first-order valence-electron chi connectivity index (χ1n) is 15.2. The van der Waals surface area contributed by atoms with Crippen LogP contribution in [0.2, 0.25) is 0 Å². The van der Waals surface area contributed by atoms with Gasteiger partial charge in [0.2, 0.25) is 5.91 Å². The van der Waals surface area contributed by atoms with Crippen molar-refractivity contribution in [2.24, 2.45) is 5.92 Å². The van der Waals surface area contributed by atoms with E-state index >= 15 is 0 Å². The van der Waals surface area contributed by atoms with E-state index in [9.17, 15) is 9.59 Å². The van der Waals surface area contributed by atoms with Gasteiger partial charge in [0.05, 0.1) is 11.4 Å². The normalized spacial score (nSPS) is 17.7. The van der Waals surface area contributed by atoms with Crippen LogP contribution in [0, 0.1) is 19.8 Å². The van der Waals surface area contributed by atoms with Gasteiger partial charge in [-0.05, 0) is 105 Å². The molecule has 6 rings (SSSR count). The molecule has 43 heavy (non-hydrogen) atoms. The highest BCUT2D eigenvalue weighted by Crippen LogP contribution is 2.47. The second kappa shape index (κ2) is 11.4. The van der Waals surface area contributed by atoms with E-state index < -0.39 is 0 Å². The summed E-state index contributed by atoms with van der Waals surface area (Å²) >= 11 is 0. The van der Waals surface area contributed by atoms with Crippen LogP contribution in [0.4, 0.5) is 4.79 Å². The average Bonchev–Trinajstić information content (AvgIpc) is 3.72. The van der Waals surface area contributed by atoms with Crippen molar-refractivity contribution in [1.82, 2.24) is 25.3 Å². The highest BCUT2D eigenvalue weighted by Gasteiger charge is 2.43. The smallest absolute Gasteiger partial charge is 0.318 e. The SMILES string of the molecule is Cc1cc(C)n(-c2cccc(-c3ccc(CNC(=O)C4C[C@@H]4c4ccccc4)c4c3CCN(C(=O)NC(C)(C)C)C4)c2)n1. The van der Waals surface area contributed by atoms with Crippen molar-refractivity contribution < 1.29 is 9.59 Å². The summed E-state index contributed by atoms with van der Waals surface area (Å²) in [5.41, 5.74) is 9.72. The Hall–Kier alpha value is -4.39. The molecule has 1 saturated carbocycles. The van der Waals surface area contributed by atoms with Crippen molar-refractivity contribution >= 4 is 11.9 Å². The summed E-state index contributed by atoms with van der Waals surface area (Å²) in [6, 6.07) is 25.1. The number of benzene rings is 3. The zero-order chi connectivity index (χ0) is 30.3. The van der Waals surface area contributed by atoms with Gasteiger partial charge in [0.1, 0.15) is 0 Å². The van der Waals surface area contributed by atoms with Crippen molar-refractivity contribution in [3.05, 3.63) is 106 Å². The molecule has 3 aromatic carbocycles. The Balaban J connectivity index is 1.28. The second-order valence-corrected chi connectivity index (χ2v) is 13.0. The largest absolute Gasteiger partial charge is 0.352 e. The molecule has 1 unspecified atom stereocenters. The Morgan fingerprint density at radius 3 is 2.47 bits per heavy atom. The molecule has 4 aromatic rings. The quantitative estimate of drug-likeness (QED) is 0.278. The van der Waals surface area contributed by atoms with Gasteiger partial charge in [0, 0.05) is 36.8 Å². The van der Waals surface area contributed by atoms with Crippen molar-refractivity contribution in [3.8, 4) is 16.8 Å². The van der Waals surface area contributed by atoms with Crippen LogP contribution in [0.1, 0.15) is 66.8 Å². The maximum Gasteiger partial charge on any atom is 0.318 e. The van der Waals surface area contributed by atoms with Crippen molar-refractivity contribution in [2.45, 2.75) is 72.0 Å². The fourth-order valence-corrected chi connectivity index (χ4v) is 6.31. The van der Waals surface area contributed by atoms with Gasteiger partial charge in [-0.25, -0.2) is 9.48 Å². The van der Waals surface area contributed by atoms with Gasteiger partial charge in [0.15, 0.2) is 0 Å². The van der Waals surface area contributed by atoms with Gasteiger partial charge >= 0.3 is 6.03 Å². The van der Waals surface area contributed by atoms with Crippen LogP contribution >= 0.6 is 0 Å². The van der Waals surface area contributed by atoms with Gasteiger partial charge < -0.3 is 15.5 Å². The third-order valence-corrected chi connectivity index (χ3v) is 8.50. The Kier molecular flexibility index (Phi) is 7.59. The maximum atomic E-state index is 13.2. The molecular formula is C36H41N5O2. The topological polar surface area (TPSA) is 79.3 Å². The molecule has 222 valence electrons. The number of nitrogens with zero attached hydrogens (tertiary/aromatic N) is 3. The van der Waals surface area contributed by atoms with Gasteiger partial charge in [-0.15, -0.1) is 0 Å². The van der Waals surface area contributed by atoms with Gasteiger partial charge in [-0.1, -0.05) is 54.6 Å². The maximum absolute atomic E-state index is 13.2. The monoisotopic (exact) mass is 575 g/mol. The standard InChI is InChI=1S/C36H41N5O2/c1-23-18-24(2)41(39-23)28-13-9-12-26(19-28)29-15-14-27(21-37-34(42)32-20-31(32)25-10-7-6-8-11-25)33-22-40(17-16-30(29)33)35(43)38-36(3,4)5/h6-15,18-19,31-32H,16-17,20-22H2,1-5H3,(H,37,42)(H,38,43)/t31-,32?/m1/s1. The summed E-state index contributed by atoms with van der Waals surface area (Å²) < 4.78 is 1.98. The first-order chi connectivity index (χ1) is 20.6. The molecule has 2 aliphatic rings. The molecule has 1 fully saturated rings. The molecule has 3 amide bonds. The molecule has 7 nitrogen and oxygen atoms in total. The molecule has 2 heterocycles. The molecule has 0 radical (unpaired) electrons. The van der Waals surface area contributed by atoms with Crippen LogP contribution < -0.4 is 10.6 Å². The fourth-order valence-electron chi connectivity index (χ4n) is 6.31. The van der Waals surface area contributed by atoms with E-state index in [0.29, 0.717) is 25.6 Å². The van der Waals surface area contributed by atoms with E-state index in [1.165, 1.54) is 11.1 Å². The Morgan fingerprint density at radius 1 is 0.953 bits per heavy atom. The minimum absolute atomic E-state index is 0.0173. The predicted octanol–water partition coefficient (Wildman–Crippen LogP) is 6.44. The third-order valence-electron chi connectivity index (χ3n) is 8.50. The predicted molar refractivity (Wildman–Crippen MR) is 170 cm³/mol. The lowest BCUT2D eigenvalue weighted by Gasteiger charge is -2.34. The zero-order valence-corrected chi connectivity index (χ0v) is 25.8. The molecule has 1 aliphatic carbocycles. The number of rotatable bonds is 6. The van der Waals surface area contributed by atoms with Crippen LogP contribution in [0.5, 0.6) is 0 Å². The number of amides is 3. The number of aromatic nitrogens is 2. The lowest BCUT2D eigenvalue weighted by Crippen LogP contribution is -2.50. The molecule has 0 saturated heterocycles. The number of carbonyl (C=O) groups is 2. The number of hydrogen-bond acceptors (Lipinski definition) is 3. The molecule has 0 bridgehead atoms. The lowest BCUT2D eigenvalue weighted by molar-refractivity contribution is -0.122. The van der Waals surface area contributed by atoms with E-state index in [1.807, 2.05) is 55.5 Å². The Labute approximate surface area is 254 Å². The molecule has 1 aliphatic heterocycles. The van der Waals surface area contributed by atoms with Crippen LogP contribution in [0.25, 0.3) is 16.8 Å². The van der Waals surface area contributed by atoms with Crippen molar-refractivity contribution in [2.75, 3.05) is 6.54 Å². The van der Waals surface area contributed by atoms with E-state index in [-0.39, 0.29) is 23.4 Å². The first-order valence-corrected chi connectivity index (χ1v) is 15.2. The fraction of sp³-hybridized carbons (Fsp3) is 0.361. The van der Waals surface area contributed by atoms with Crippen LogP contribution in [0.15, 0.2) is 72.8 Å². The van der Waals surface area contributed by atoms with Gasteiger partial charge in [-0.3, -0.25) is 4.79 Å². The number of aryl methyl sites for hydroxylation is 2. The summed E-state index contributed by atoms with van der Waals surface area (Å²) in [7, 11) is 0. The summed E-state index contributed by atoms with van der Waals surface area (Å²) in [5, 5.41) is 11.0. The van der Waals surface area contributed by atoms with Crippen LogP contribution in [-0.2, 0) is 24.3 Å². The molecule has 0 spiro atoms. The minimum Gasteiger partial charge on any atom is -0.352 e. The number of nitrogens with one attached hydrogen (secondary N) is 2. The van der Waals surface area contributed by atoms with Gasteiger partial charge in [-0.2, -0.15) is 5.10 Å². The molecular weight excluding hydrogens is 534 g/mol. The molecule has 2 atom stereocenters. The van der Waals surface area contributed by atoms with Crippen LogP contribution in [-0.4, -0.2) is 38.7 Å². The Bertz CT molecular complexity index is 1670. The first kappa shape index (κ1) is 28.7.